The summed E-state index contributed by atoms with van der Waals surface area (Å²) in [5.74, 6) is 1.11. The van der Waals surface area contributed by atoms with Crippen LogP contribution in [0.1, 0.15) is 18.4 Å². The van der Waals surface area contributed by atoms with E-state index in [1.165, 1.54) is 0 Å². The van der Waals surface area contributed by atoms with E-state index in [0.29, 0.717) is 24.5 Å². The Bertz CT molecular complexity index is 904. The molecular weight excluding hydrogens is 378 g/mol. The summed E-state index contributed by atoms with van der Waals surface area (Å²) in [4.78, 5) is 17.2. The number of rotatable bonds is 7. The van der Waals surface area contributed by atoms with E-state index in [0.717, 1.165) is 62.6 Å². The number of ether oxygens (including phenoxy) is 1. The number of amides is 1. The zero-order chi connectivity index (χ0) is 20.8. The predicted octanol–water partition coefficient (Wildman–Crippen LogP) is 2.89. The Morgan fingerprint density at radius 2 is 1.87 bits per heavy atom. The standard InChI is InChI=1S/C24H29N3O3/c28-22-8-5-7-21(17-22)27-14-12-26(13-15-27)11-4-3-10-25-24(29)20-16-19-6-1-2-9-23(19)30-18-20/h1-2,5-9,16-17,28H,3-4,10-15,18H2,(H,25,29). The molecule has 2 aromatic carbocycles. The molecule has 1 saturated heterocycles. The molecule has 158 valence electrons. The molecular formula is C24H29N3O3. The second kappa shape index (κ2) is 9.67. The molecule has 2 N–H and O–H groups in total. The molecule has 2 heterocycles. The Hall–Kier alpha value is -2.99. The topological polar surface area (TPSA) is 65.0 Å². The van der Waals surface area contributed by atoms with E-state index in [2.05, 4.69) is 15.1 Å². The van der Waals surface area contributed by atoms with Gasteiger partial charge < -0.3 is 20.1 Å². The predicted molar refractivity (Wildman–Crippen MR) is 119 cm³/mol. The van der Waals surface area contributed by atoms with Gasteiger partial charge in [0.25, 0.3) is 5.91 Å². The van der Waals surface area contributed by atoms with Crippen molar-refractivity contribution in [2.45, 2.75) is 12.8 Å². The van der Waals surface area contributed by atoms with Crippen molar-refractivity contribution < 1.29 is 14.6 Å². The first-order valence-electron chi connectivity index (χ1n) is 10.7. The Balaban J connectivity index is 1.13. The molecule has 0 aromatic heterocycles. The molecule has 1 fully saturated rings. The van der Waals surface area contributed by atoms with Gasteiger partial charge in [0, 0.05) is 50.0 Å². The second-order valence-corrected chi connectivity index (χ2v) is 7.81. The van der Waals surface area contributed by atoms with Crippen molar-refractivity contribution >= 4 is 17.7 Å². The summed E-state index contributed by atoms with van der Waals surface area (Å²) in [7, 11) is 0. The minimum Gasteiger partial charge on any atom is -0.508 e. The summed E-state index contributed by atoms with van der Waals surface area (Å²) in [6.07, 6.45) is 3.94. The van der Waals surface area contributed by atoms with E-state index in [1.807, 2.05) is 48.5 Å². The fourth-order valence-corrected chi connectivity index (χ4v) is 3.94. The maximum atomic E-state index is 12.4. The molecule has 2 aliphatic heterocycles. The summed E-state index contributed by atoms with van der Waals surface area (Å²) < 4.78 is 5.66. The lowest BCUT2D eigenvalue weighted by Crippen LogP contribution is -2.46. The zero-order valence-electron chi connectivity index (χ0n) is 17.2. The number of phenolic OH excluding ortho intramolecular Hbond substituents is 1. The number of fused-ring (bicyclic) bond motifs is 1. The fraction of sp³-hybridized carbons (Fsp3) is 0.375. The number of piperazine rings is 1. The number of hydrogen-bond donors (Lipinski definition) is 2. The van der Waals surface area contributed by atoms with Crippen molar-refractivity contribution in [1.82, 2.24) is 10.2 Å². The van der Waals surface area contributed by atoms with E-state index >= 15 is 0 Å². The lowest BCUT2D eigenvalue weighted by atomic mass is 10.1. The van der Waals surface area contributed by atoms with E-state index in [1.54, 1.807) is 6.07 Å². The van der Waals surface area contributed by atoms with Gasteiger partial charge in [0.15, 0.2) is 0 Å². The Morgan fingerprint density at radius 1 is 1.03 bits per heavy atom. The summed E-state index contributed by atoms with van der Waals surface area (Å²) in [5.41, 5.74) is 2.72. The fourth-order valence-electron chi connectivity index (χ4n) is 3.94. The van der Waals surface area contributed by atoms with Gasteiger partial charge >= 0.3 is 0 Å². The minimum absolute atomic E-state index is 0.0377. The number of para-hydroxylation sites is 1. The van der Waals surface area contributed by atoms with Gasteiger partial charge in [-0.3, -0.25) is 9.69 Å². The lowest BCUT2D eigenvalue weighted by Gasteiger charge is -2.36. The van der Waals surface area contributed by atoms with E-state index in [4.69, 9.17) is 4.74 Å². The van der Waals surface area contributed by atoms with Gasteiger partial charge in [-0.1, -0.05) is 24.3 Å². The smallest absolute Gasteiger partial charge is 0.250 e. The van der Waals surface area contributed by atoms with Crippen molar-refractivity contribution in [3.05, 3.63) is 59.7 Å². The SMILES string of the molecule is O=C(NCCCCN1CCN(c2cccc(O)c2)CC1)C1=Cc2ccccc2OC1. The zero-order valence-corrected chi connectivity index (χ0v) is 17.2. The Morgan fingerprint density at radius 3 is 2.70 bits per heavy atom. The average Bonchev–Trinajstić information content (AvgIpc) is 2.79. The van der Waals surface area contributed by atoms with Crippen LogP contribution in [0.25, 0.3) is 6.08 Å². The van der Waals surface area contributed by atoms with Gasteiger partial charge in [0.05, 0.1) is 5.57 Å². The first-order valence-corrected chi connectivity index (χ1v) is 10.7. The highest BCUT2D eigenvalue weighted by molar-refractivity contribution is 5.99. The van der Waals surface area contributed by atoms with Crippen molar-refractivity contribution in [1.29, 1.82) is 0 Å². The van der Waals surface area contributed by atoms with Gasteiger partial charge in [0.2, 0.25) is 0 Å². The normalized spacial score (nSPS) is 16.4. The highest BCUT2D eigenvalue weighted by Crippen LogP contribution is 2.25. The van der Waals surface area contributed by atoms with E-state index < -0.39 is 0 Å². The number of nitrogens with zero attached hydrogens (tertiary/aromatic N) is 2. The first-order chi connectivity index (χ1) is 14.7. The number of unbranched alkanes of at least 4 members (excludes halogenated alkanes) is 1. The largest absolute Gasteiger partial charge is 0.508 e. The van der Waals surface area contributed by atoms with Crippen LogP contribution in [0, 0.1) is 0 Å². The molecule has 0 radical (unpaired) electrons. The van der Waals surface area contributed by atoms with Gasteiger partial charge in [-0.05, 0) is 43.7 Å². The van der Waals surface area contributed by atoms with Crippen LogP contribution < -0.4 is 15.0 Å². The maximum absolute atomic E-state index is 12.4. The molecule has 30 heavy (non-hydrogen) atoms. The monoisotopic (exact) mass is 407 g/mol. The minimum atomic E-state index is -0.0377. The van der Waals surface area contributed by atoms with Crippen molar-refractivity contribution in [2.75, 3.05) is 50.8 Å². The third kappa shape index (κ3) is 5.13. The molecule has 0 aliphatic carbocycles. The summed E-state index contributed by atoms with van der Waals surface area (Å²) in [5, 5.41) is 12.7. The van der Waals surface area contributed by atoms with Crippen LogP contribution in [0.2, 0.25) is 0 Å². The van der Waals surface area contributed by atoms with Crippen molar-refractivity contribution in [3.63, 3.8) is 0 Å². The molecule has 6 nitrogen and oxygen atoms in total. The molecule has 2 aromatic rings. The van der Waals surface area contributed by atoms with Crippen LogP contribution in [-0.4, -0.2) is 61.8 Å². The molecule has 6 heteroatoms. The van der Waals surface area contributed by atoms with Crippen LogP contribution >= 0.6 is 0 Å². The first kappa shape index (κ1) is 20.3. The Kier molecular flexibility index (Phi) is 6.54. The summed E-state index contributed by atoms with van der Waals surface area (Å²) in [6, 6.07) is 15.2. The number of phenols is 1. The second-order valence-electron chi connectivity index (χ2n) is 7.81. The number of carbonyl (C=O) groups excluding carboxylic acids is 1. The molecule has 0 unspecified atom stereocenters. The third-order valence-electron chi connectivity index (χ3n) is 5.68. The van der Waals surface area contributed by atoms with E-state index in [9.17, 15) is 9.90 Å². The molecule has 0 spiro atoms. The van der Waals surface area contributed by atoms with Crippen molar-refractivity contribution in [2.24, 2.45) is 0 Å². The number of nitrogens with one attached hydrogen (secondary N) is 1. The summed E-state index contributed by atoms with van der Waals surface area (Å²) in [6.45, 7) is 6.03. The van der Waals surface area contributed by atoms with Crippen LogP contribution in [0.15, 0.2) is 54.1 Å². The third-order valence-corrected chi connectivity index (χ3v) is 5.68. The summed E-state index contributed by atoms with van der Waals surface area (Å²) >= 11 is 0. The van der Waals surface area contributed by atoms with Crippen molar-refractivity contribution in [3.8, 4) is 11.5 Å². The molecule has 0 bridgehead atoms. The van der Waals surface area contributed by atoms with Gasteiger partial charge in [-0.25, -0.2) is 0 Å². The van der Waals surface area contributed by atoms with Crippen LogP contribution in [0.3, 0.4) is 0 Å². The number of hydrogen-bond acceptors (Lipinski definition) is 5. The average molecular weight is 408 g/mol. The number of benzene rings is 2. The molecule has 0 atom stereocenters. The molecule has 4 rings (SSSR count). The number of anilines is 1. The van der Waals surface area contributed by atoms with Crippen LogP contribution in [0.4, 0.5) is 5.69 Å². The highest BCUT2D eigenvalue weighted by atomic mass is 16.5. The van der Waals surface area contributed by atoms with E-state index in [-0.39, 0.29) is 5.91 Å². The Labute approximate surface area is 177 Å². The number of aromatic hydroxyl groups is 1. The van der Waals surface area contributed by atoms with Gasteiger partial charge in [-0.2, -0.15) is 0 Å². The maximum Gasteiger partial charge on any atom is 0.250 e. The molecule has 1 amide bonds. The quantitative estimate of drug-likeness (QED) is 0.691. The lowest BCUT2D eigenvalue weighted by molar-refractivity contribution is -0.117. The highest BCUT2D eigenvalue weighted by Gasteiger charge is 2.18. The van der Waals surface area contributed by atoms with Gasteiger partial charge in [-0.15, -0.1) is 0 Å². The van der Waals surface area contributed by atoms with Gasteiger partial charge in [0.1, 0.15) is 18.1 Å². The van der Waals surface area contributed by atoms with Crippen LogP contribution in [0.5, 0.6) is 11.5 Å². The number of carbonyl (C=O) groups is 1. The molecule has 0 saturated carbocycles. The molecule has 2 aliphatic rings. The van der Waals surface area contributed by atoms with Crippen LogP contribution in [-0.2, 0) is 4.79 Å².